The lowest BCUT2D eigenvalue weighted by atomic mass is 10.1. The van der Waals surface area contributed by atoms with Crippen LogP contribution < -0.4 is 10.1 Å². The van der Waals surface area contributed by atoms with Gasteiger partial charge in [0.15, 0.2) is 0 Å². The van der Waals surface area contributed by atoms with Crippen molar-refractivity contribution in [3.05, 3.63) is 52.2 Å². The van der Waals surface area contributed by atoms with Crippen molar-refractivity contribution in [3.63, 3.8) is 0 Å². The lowest BCUT2D eigenvalue weighted by molar-refractivity contribution is 0.0938. The van der Waals surface area contributed by atoms with Gasteiger partial charge in [-0.2, -0.15) is 0 Å². The molecule has 25 heavy (non-hydrogen) atoms. The van der Waals surface area contributed by atoms with E-state index in [0.717, 1.165) is 25.3 Å². The van der Waals surface area contributed by atoms with Crippen LogP contribution in [0.15, 0.2) is 41.8 Å². The standard InChI is InChI=1S/C20H26N2O2S/c1-2-12-24-17-8-5-7-16(14-17)20(23)21-15-18(19-9-6-13-25-19)22-10-3-4-11-22/h5-9,13-14,18H,2-4,10-12,15H2,1H3,(H,21,23)/t18-/m0/s1. The second-order valence-corrected chi connectivity index (χ2v) is 7.34. The first-order chi connectivity index (χ1) is 12.3. The molecule has 0 saturated carbocycles. The third kappa shape index (κ3) is 4.83. The van der Waals surface area contributed by atoms with Crippen LogP contribution in [-0.2, 0) is 0 Å². The molecule has 1 aliphatic heterocycles. The maximum atomic E-state index is 12.6. The van der Waals surface area contributed by atoms with Gasteiger partial charge >= 0.3 is 0 Å². The molecule has 5 heteroatoms. The van der Waals surface area contributed by atoms with Crippen LogP contribution in [0.25, 0.3) is 0 Å². The van der Waals surface area contributed by atoms with Gasteiger partial charge in [-0.1, -0.05) is 19.1 Å². The van der Waals surface area contributed by atoms with Gasteiger partial charge in [0, 0.05) is 17.0 Å². The van der Waals surface area contributed by atoms with Gasteiger partial charge in [0.25, 0.3) is 5.91 Å². The van der Waals surface area contributed by atoms with Crippen molar-refractivity contribution in [2.45, 2.75) is 32.2 Å². The first kappa shape index (κ1) is 18.0. The van der Waals surface area contributed by atoms with E-state index < -0.39 is 0 Å². The molecule has 0 unspecified atom stereocenters. The lowest BCUT2D eigenvalue weighted by Gasteiger charge is -2.27. The van der Waals surface area contributed by atoms with E-state index >= 15 is 0 Å². The van der Waals surface area contributed by atoms with Crippen LogP contribution in [0.1, 0.15) is 47.5 Å². The van der Waals surface area contributed by atoms with E-state index in [-0.39, 0.29) is 11.9 Å². The Labute approximate surface area is 153 Å². The van der Waals surface area contributed by atoms with Gasteiger partial charge in [-0.3, -0.25) is 9.69 Å². The Morgan fingerprint density at radius 1 is 1.28 bits per heavy atom. The van der Waals surface area contributed by atoms with Crippen molar-refractivity contribution in [1.82, 2.24) is 10.2 Å². The molecule has 1 saturated heterocycles. The molecule has 1 atom stereocenters. The third-order valence-corrected chi connectivity index (χ3v) is 5.45. The van der Waals surface area contributed by atoms with Crippen LogP contribution in [0.2, 0.25) is 0 Å². The number of nitrogens with one attached hydrogen (secondary N) is 1. The molecule has 1 N–H and O–H groups in total. The summed E-state index contributed by atoms with van der Waals surface area (Å²) in [5.74, 6) is 0.714. The van der Waals surface area contributed by atoms with Crippen molar-refractivity contribution in [3.8, 4) is 5.75 Å². The van der Waals surface area contributed by atoms with Crippen molar-refractivity contribution in [2.75, 3.05) is 26.2 Å². The number of thiophene rings is 1. The van der Waals surface area contributed by atoms with Crippen LogP contribution in [-0.4, -0.2) is 37.0 Å². The van der Waals surface area contributed by atoms with Crippen LogP contribution in [0.3, 0.4) is 0 Å². The molecule has 1 aliphatic rings. The number of nitrogens with zero attached hydrogens (tertiary/aromatic N) is 1. The molecule has 1 fully saturated rings. The first-order valence-corrected chi connectivity index (χ1v) is 9.94. The number of likely N-dealkylation sites (tertiary alicyclic amines) is 1. The third-order valence-electron chi connectivity index (χ3n) is 4.48. The topological polar surface area (TPSA) is 41.6 Å². The number of amides is 1. The molecule has 0 spiro atoms. The maximum absolute atomic E-state index is 12.6. The second-order valence-electron chi connectivity index (χ2n) is 6.36. The van der Waals surface area contributed by atoms with Gasteiger partial charge < -0.3 is 10.1 Å². The highest BCUT2D eigenvalue weighted by molar-refractivity contribution is 7.10. The monoisotopic (exact) mass is 358 g/mol. The second kappa shape index (κ2) is 9.02. The Bertz CT molecular complexity index is 666. The Morgan fingerprint density at radius 2 is 2.12 bits per heavy atom. The van der Waals surface area contributed by atoms with E-state index in [2.05, 4.69) is 34.7 Å². The van der Waals surface area contributed by atoms with Crippen molar-refractivity contribution in [1.29, 1.82) is 0 Å². The fourth-order valence-electron chi connectivity index (χ4n) is 3.18. The molecule has 3 rings (SSSR count). The molecule has 0 aliphatic carbocycles. The smallest absolute Gasteiger partial charge is 0.251 e. The summed E-state index contributed by atoms with van der Waals surface area (Å²) in [6, 6.07) is 11.9. The number of hydrogen-bond donors (Lipinski definition) is 1. The summed E-state index contributed by atoms with van der Waals surface area (Å²) < 4.78 is 5.63. The minimum Gasteiger partial charge on any atom is -0.494 e. The van der Waals surface area contributed by atoms with E-state index in [0.29, 0.717) is 18.7 Å². The highest BCUT2D eigenvalue weighted by Gasteiger charge is 2.24. The SMILES string of the molecule is CCCOc1cccc(C(=O)NC[C@@H](c2cccs2)N2CCCC2)c1. The number of ether oxygens (including phenoxy) is 1. The molecule has 1 amide bonds. The summed E-state index contributed by atoms with van der Waals surface area (Å²) in [6.45, 7) is 5.59. The number of carbonyl (C=O) groups is 1. The van der Waals surface area contributed by atoms with Gasteiger partial charge in [0.2, 0.25) is 0 Å². The average molecular weight is 359 g/mol. The fraction of sp³-hybridized carbons (Fsp3) is 0.450. The summed E-state index contributed by atoms with van der Waals surface area (Å²) in [5, 5.41) is 5.22. The molecule has 2 heterocycles. The molecule has 1 aromatic carbocycles. The Morgan fingerprint density at radius 3 is 2.84 bits per heavy atom. The Balaban J connectivity index is 1.63. The van der Waals surface area contributed by atoms with Crippen LogP contribution in [0, 0.1) is 0 Å². The van der Waals surface area contributed by atoms with Gasteiger partial charge in [0.05, 0.1) is 12.6 Å². The predicted molar refractivity (Wildman–Crippen MR) is 102 cm³/mol. The maximum Gasteiger partial charge on any atom is 0.251 e. The van der Waals surface area contributed by atoms with Gasteiger partial charge in [-0.05, 0) is 62.0 Å². The molecular formula is C20H26N2O2S. The van der Waals surface area contributed by atoms with Crippen LogP contribution >= 0.6 is 11.3 Å². The quantitative estimate of drug-likeness (QED) is 0.772. The minimum absolute atomic E-state index is 0.0392. The van der Waals surface area contributed by atoms with E-state index in [1.807, 2.05) is 24.3 Å². The molecule has 0 radical (unpaired) electrons. The van der Waals surface area contributed by atoms with E-state index in [1.165, 1.54) is 17.7 Å². The van der Waals surface area contributed by atoms with E-state index in [1.54, 1.807) is 11.3 Å². The molecule has 1 aromatic heterocycles. The van der Waals surface area contributed by atoms with E-state index in [9.17, 15) is 4.79 Å². The molecule has 0 bridgehead atoms. The summed E-state index contributed by atoms with van der Waals surface area (Å²) in [6.07, 6.45) is 3.44. The molecule has 4 nitrogen and oxygen atoms in total. The largest absolute Gasteiger partial charge is 0.494 e. The highest BCUT2D eigenvalue weighted by Crippen LogP contribution is 2.28. The van der Waals surface area contributed by atoms with Crippen LogP contribution in [0.5, 0.6) is 5.75 Å². The number of rotatable bonds is 8. The van der Waals surface area contributed by atoms with Crippen LogP contribution in [0.4, 0.5) is 0 Å². The zero-order valence-corrected chi connectivity index (χ0v) is 15.6. The number of benzene rings is 1. The summed E-state index contributed by atoms with van der Waals surface area (Å²) in [4.78, 5) is 16.4. The first-order valence-electron chi connectivity index (χ1n) is 9.06. The summed E-state index contributed by atoms with van der Waals surface area (Å²) in [5.41, 5.74) is 0.653. The fourth-order valence-corrected chi connectivity index (χ4v) is 4.04. The Kier molecular flexibility index (Phi) is 6.48. The average Bonchev–Trinajstić information content (AvgIpc) is 3.34. The summed E-state index contributed by atoms with van der Waals surface area (Å²) >= 11 is 1.76. The predicted octanol–water partition coefficient (Wildman–Crippen LogP) is 4.10. The zero-order valence-electron chi connectivity index (χ0n) is 14.7. The molecular weight excluding hydrogens is 332 g/mol. The van der Waals surface area contributed by atoms with Crippen molar-refractivity contribution < 1.29 is 9.53 Å². The van der Waals surface area contributed by atoms with Crippen molar-refractivity contribution >= 4 is 17.2 Å². The lowest BCUT2D eigenvalue weighted by Crippen LogP contribution is -2.36. The normalized spacial score (nSPS) is 15.9. The van der Waals surface area contributed by atoms with Crippen molar-refractivity contribution in [2.24, 2.45) is 0 Å². The minimum atomic E-state index is -0.0392. The number of carbonyl (C=O) groups excluding carboxylic acids is 1. The number of hydrogen-bond acceptors (Lipinski definition) is 4. The van der Waals surface area contributed by atoms with E-state index in [4.69, 9.17) is 4.74 Å². The molecule has 134 valence electrons. The van der Waals surface area contributed by atoms with Gasteiger partial charge in [0.1, 0.15) is 5.75 Å². The highest BCUT2D eigenvalue weighted by atomic mass is 32.1. The summed E-state index contributed by atoms with van der Waals surface area (Å²) in [7, 11) is 0. The van der Waals surface area contributed by atoms with Gasteiger partial charge in [-0.25, -0.2) is 0 Å². The zero-order chi connectivity index (χ0) is 17.5. The molecule has 2 aromatic rings. The van der Waals surface area contributed by atoms with Gasteiger partial charge in [-0.15, -0.1) is 11.3 Å². The Hall–Kier alpha value is -1.85.